The van der Waals surface area contributed by atoms with Crippen LogP contribution < -0.4 is 0 Å². The summed E-state index contributed by atoms with van der Waals surface area (Å²) in [6.07, 6.45) is 3.29. The maximum Gasteiger partial charge on any atom is 0.116 e. The molecular weight excluding hydrogens is 154 g/mol. The summed E-state index contributed by atoms with van der Waals surface area (Å²) in [5, 5.41) is 0. The van der Waals surface area contributed by atoms with Crippen molar-refractivity contribution in [3.05, 3.63) is 12.0 Å². The van der Waals surface area contributed by atoms with Gasteiger partial charge in [-0.05, 0) is 0 Å². The fourth-order valence-corrected chi connectivity index (χ4v) is 0.883. The standard InChI is InChI=1S/C9H17NO2/c1-4-8(5-10(2)3)11-6-9-7-12-9/h5,9H,4,6-7H2,1-3H3/b8-5+. The Kier molecular flexibility index (Phi) is 3.41. The third-order valence-electron chi connectivity index (χ3n) is 1.61. The smallest absolute Gasteiger partial charge is 0.116 e. The van der Waals surface area contributed by atoms with Crippen LogP contribution in [-0.4, -0.2) is 38.3 Å². The van der Waals surface area contributed by atoms with Crippen LogP contribution in [0.4, 0.5) is 0 Å². The lowest BCUT2D eigenvalue weighted by Crippen LogP contribution is -2.07. The highest BCUT2D eigenvalue weighted by atomic mass is 16.6. The molecule has 0 aromatic heterocycles. The van der Waals surface area contributed by atoms with Crippen molar-refractivity contribution < 1.29 is 9.47 Å². The van der Waals surface area contributed by atoms with E-state index < -0.39 is 0 Å². The van der Waals surface area contributed by atoms with Gasteiger partial charge in [-0.15, -0.1) is 0 Å². The second-order valence-corrected chi connectivity index (χ2v) is 3.18. The van der Waals surface area contributed by atoms with Gasteiger partial charge in [0.05, 0.1) is 6.61 Å². The molecule has 1 fully saturated rings. The Morgan fingerprint density at radius 1 is 1.67 bits per heavy atom. The van der Waals surface area contributed by atoms with Crippen molar-refractivity contribution >= 4 is 0 Å². The van der Waals surface area contributed by atoms with Crippen molar-refractivity contribution in [1.82, 2.24) is 4.90 Å². The first kappa shape index (κ1) is 9.39. The molecule has 0 amide bonds. The zero-order chi connectivity index (χ0) is 8.97. The van der Waals surface area contributed by atoms with Crippen LogP contribution in [0.3, 0.4) is 0 Å². The molecule has 0 aromatic carbocycles. The summed E-state index contributed by atoms with van der Waals surface area (Å²) in [5.74, 6) is 1.02. The minimum Gasteiger partial charge on any atom is -0.494 e. The summed E-state index contributed by atoms with van der Waals surface area (Å²) in [6.45, 7) is 3.65. The number of hydrogen-bond donors (Lipinski definition) is 0. The monoisotopic (exact) mass is 171 g/mol. The molecule has 3 heteroatoms. The van der Waals surface area contributed by atoms with E-state index in [0.29, 0.717) is 12.7 Å². The summed E-state index contributed by atoms with van der Waals surface area (Å²) in [7, 11) is 3.99. The highest BCUT2D eigenvalue weighted by Gasteiger charge is 2.23. The Hall–Kier alpha value is -0.700. The lowest BCUT2D eigenvalue weighted by molar-refractivity contribution is 0.172. The van der Waals surface area contributed by atoms with Gasteiger partial charge in [0.2, 0.25) is 0 Å². The topological polar surface area (TPSA) is 25.0 Å². The maximum absolute atomic E-state index is 5.52. The zero-order valence-electron chi connectivity index (χ0n) is 8.04. The first-order chi connectivity index (χ1) is 5.72. The average molecular weight is 171 g/mol. The molecule has 0 saturated carbocycles. The summed E-state index contributed by atoms with van der Waals surface area (Å²) in [6, 6.07) is 0. The second-order valence-electron chi connectivity index (χ2n) is 3.18. The Bertz CT molecular complexity index is 162. The van der Waals surface area contributed by atoms with Gasteiger partial charge in [0.15, 0.2) is 0 Å². The fraction of sp³-hybridized carbons (Fsp3) is 0.778. The normalized spacial score (nSPS) is 22.2. The van der Waals surface area contributed by atoms with Gasteiger partial charge in [-0.2, -0.15) is 0 Å². The number of ether oxygens (including phenoxy) is 2. The van der Waals surface area contributed by atoms with Gasteiger partial charge in [0, 0.05) is 26.7 Å². The molecule has 0 aliphatic carbocycles. The highest BCUT2D eigenvalue weighted by Crippen LogP contribution is 2.12. The van der Waals surface area contributed by atoms with E-state index in [0.717, 1.165) is 18.8 Å². The van der Waals surface area contributed by atoms with E-state index >= 15 is 0 Å². The predicted molar refractivity (Wildman–Crippen MR) is 47.8 cm³/mol. The van der Waals surface area contributed by atoms with Crippen LogP contribution in [0.1, 0.15) is 13.3 Å². The molecule has 0 bridgehead atoms. The van der Waals surface area contributed by atoms with E-state index in [1.54, 1.807) is 0 Å². The van der Waals surface area contributed by atoms with Crippen LogP contribution in [0.25, 0.3) is 0 Å². The lowest BCUT2D eigenvalue weighted by Gasteiger charge is -2.11. The van der Waals surface area contributed by atoms with Crippen molar-refractivity contribution in [2.24, 2.45) is 0 Å². The van der Waals surface area contributed by atoms with Gasteiger partial charge in [-0.25, -0.2) is 0 Å². The first-order valence-corrected chi connectivity index (χ1v) is 4.34. The maximum atomic E-state index is 5.52. The molecule has 1 aliphatic heterocycles. The number of rotatable bonds is 5. The van der Waals surface area contributed by atoms with Gasteiger partial charge in [0.1, 0.15) is 18.5 Å². The molecule has 70 valence electrons. The van der Waals surface area contributed by atoms with Crippen molar-refractivity contribution in [3.8, 4) is 0 Å². The fourth-order valence-electron chi connectivity index (χ4n) is 0.883. The highest BCUT2D eigenvalue weighted by molar-refractivity contribution is 4.90. The summed E-state index contributed by atoms with van der Waals surface area (Å²) >= 11 is 0. The average Bonchev–Trinajstić information content (AvgIpc) is 2.80. The van der Waals surface area contributed by atoms with E-state index in [2.05, 4.69) is 6.92 Å². The van der Waals surface area contributed by atoms with Crippen LogP contribution in [-0.2, 0) is 9.47 Å². The predicted octanol–water partition coefficient (Wildman–Crippen LogP) is 1.21. The van der Waals surface area contributed by atoms with E-state index in [-0.39, 0.29) is 0 Å². The van der Waals surface area contributed by atoms with E-state index in [1.165, 1.54) is 0 Å². The molecule has 1 saturated heterocycles. The molecule has 1 heterocycles. The van der Waals surface area contributed by atoms with Gasteiger partial charge in [0.25, 0.3) is 0 Å². The second kappa shape index (κ2) is 4.36. The summed E-state index contributed by atoms with van der Waals surface area (Å²) in [4.78, 5) is 1.99. The van der Waals surface area contributed by atoms with Crippen LogP contribution in [0.5, 0.6) is 0 Å². The van der Waals surface area contributed by atoms with Crippen molar-refractivity contribution in [2.45, 2.75) is 19.4 Å². The molecule has 3 nitrogen and oxygen atoms in total. The Labute approximate surface area is 74.0 Å². The minimum atomic E-state index is 0.349. The first-order valence-electron chi connectivity index (χ1n) is 4.34. The molecule has 0 N–H and O–H groups in total. The molecule has 1 rings (SSSR count). The molecule has 12 heavy (non-hydrogen) atoms. The SMILES string of the molecule is CC/C(=C\N(C)C)OCC1CO1. The Balaban J connectivity index is 2.22. The van der Waals surface area contributed by atoms with Crippen molar-refractivity contribution in [2.75, 3.05) is 27.3 Å². The quantitative estimate of drug-likeness (QED) is 0.459. The Morgan fingerprint density at radius 3 is 2.75 bits per heavy atom. The zero-order valence-corrected chi connectivity index (χ0v) is 8.04. The van der Waals surface area contributed by atoms with E-state index in [4.69, 9.17) is 9.47 Å². The van der Waals surface area contributed by atoms with Crippen LogP contribution in [0, 0.1) is 0 Å². The third kappa shape index (κ3) is 3.62. The van der Waals surface area contributed by atoms with Crippen molar-refractivity contribution in [3.63, 3.8) is 0 Å². The lowest BCUT2D eigenvalue weighted by atomic mass is 10.4. The molecule has 0 spiro atoms. The largest absolute Gasteiger partial charge is 0.494 e. The van der Waals surface area contributed by atoms with E-state index in [1.807, 2.05) is 25.2 Å². The summed E-state index contributed by atoms with van der Waals surface area (Å²) in [5.41, 5.74) is 0. The molecule has 0 radical (unpaired) electrons. The number of allylic oxidation sites excluding steroid dienone is 1. The van der Waals surface area contributed by atoms with Gasteiger partial charge in [-0.3, -0.25) is 0 Å². The molecule has 1 aliphatic rings. The Morgan fingerprint density at radius 2 is 2.33 bits per heavy atom. The van der Waals surface area contributed by atoms with Gasteiger partial charge in [-0.1, -0.05) is 6.92 Å². The molecule has 1 atom stereocenters. The summed E-state index contributed by atoms with van der Waals surface area (Å²) < 4.78 is 10.6. The molecule has 0 aromatic rings. The van der Waals surface area contributed by atoms with Gasteiger partial charge >= 0.3 is 0 Å². The van der Waals surface area contributed by atoms with Gasteiger partial charge < -0.3 is 14.4 Å². The number of epoxide rings is 1. The number of nitrogens with zero attached hydrogens (tertiary/aromatic N) is 1. The molecule has 1 unspecified atom stereocenters. The van der Waals surface area contributed by atoms with Crippen LogP contribution in [0.2, 0.25) is 0 Å². The van der Waals surface area contributed by atoms with Crippen LogP contribution in [0.15, 0.2) is 12.0 Å². The third-order valence-corrected chi connectivity index (χ3v) is 1.61. The number of hydrogen-bond acceptors (Lipinski definition) is 3. The van der Waals surface area contributed by atoms with Crippen LogP contribution >= 0.6 is 0 Å². The van der Waals surface area contributed by atoms with Crippen molar-refractivity contribution in [1.29, 1.82) is 0 Å². The van der Waals surface area contributed by atoms with E-state index in [9.17, 15) is 0 Å². The minimum absolute atomic E-state index is 0.349. The molecular formula is C9H17NO2.